The van der Waals surface area contributed by atoms with Gasteiger partial charge in [-0.05, 0) is 18.9 Å². The van der Waals surface area contributed by atoms with Crippen LogP contribution in [-0.2, 0) is 4.79 Å². The van der Waals surface area contributed by atoms with E-state index in [-0.39, 0.29) is 11.8 Å². The molecule has 0 saturated heterocycles. The predicted octanol–water partition coefficient (Wildman–Crippen LogP) is 2.22. The van der Waals surface area contributed by atoms with E-state index in [1.165, 1.54) is 0 Å². The largest absolute Gasteiger partial charge is 0.369 e. The number of hydrogen-bond acceptors (Lipinski definition) is 1. The van der Waals surface area contributed by atoms with Crippen LogP contribution in [0.1, 0.15) is 24.8 Å². The smallest absolute Gasteiger partial charge is 0.225 e. The Morgan fingerprint density at radius 3 is 2.43 bits per heavy atom. The van der Waals surface area contributed by atoms with Crippen LogP contribution < -0.4 is 5.73 Å². The van der Waals surface area contributed by atoms with E-state index < -0.39 is 0 Å². The molecule has 1 aromatic carbocycles. The summed E-state index contributed by atoms with van der Waals surface area (Å²) in [5.74, 6) is -0.534. The predicted molar refractivity (Wildman–Crippen MR) is 57.8 cm³/mol. The van der Waals surface area contributed by atoms with Gasteiger partial charge in [-0.15, -0.1) is 6.58 Å². The molecule has 0 aliphatic rings. The van der Waals surface area contributed by atoms with E-state index in [0.717, 1.165) is 11.1 Å². The van der Waals surface area contributed by atoms with Gasteiger partial charge in [-0.25, -0.2) is 0 Å². The van der Waals surface area contributed by atoms with E-state index in [0.29, 0.717) is 6.42 Å². The maximum atomic E-state index is 11.2. The van der Waals surface area contributed by atoms with E-state index in [2.05, 4.69) is 6.58 Å². The van der Waals surface area contributed by atoms with Gasteiger partial charge < -0.3 is 5.73 Å². The van der Waals surface area contributed by atoms with Gasteiger partial charge in [0.2, 0.25) is 5.91 Å². The van der Waals surface area contributed by atoms with Crippen molar-refractivity contribution >= 4 is 5.91 Å². The first kappa shape index (κ1) is 10.5. The normalized spacial score (nSPS) is 12.1. The lowest BCUT2D eigenvalue weighted by molar-refractivity contribution is -0.119. The molecule has 2 nitrogen and oxygen atoms in total. The standard InChI is InChI=1S/C12H15NO/c1-9(2)8-11(12(13)14)10-6-4-3-5-7-10/h3-7,11H,1,8H2,2H3,(H2,13,14). The Kier molecular flexibility index (Phi) is 3.46. The molecule has 1 atom stereocenters. The number of nitrogens with two attached hydrogens (primary N) is 1. The molecule has 14 heavy (non-hydrogen) atoms. The van der Waals surface area contributed by atoms with Crippen molar-refractivity contribution in [3.8, 4) is 0 Å². The van der Waals surface area contributed by atoms with Crippen LogP contribution >= 0.6 is 0 Å². The Bertz CT molecular complexity index is 329. The lowest BCUT2D eigenvalue weighted by Crippen LogP contribution is -2.21. The number of hydrogen-bond donors (Lipinski definition) is 1. The van der Waals surface area contributed by atoms with Crippen molar-refractivity contribution in [2.24, 2.45) is 5.73 Å². The molecule has 0 aromatic heterocycles. The Morgan fingerprint density at radius 1 is 1.43 bits per heavy atom. The molecule has 0 fully saturated rings. The molecule has 0 heterocycles. The highest BCUT2D eigenvalue weighted by Gasteiger charge is 2.16. The minimum atomic E-state index is -0.292. The van der Waals surface area contributed by atoms with Crippen molar-refractivity contribution in [3.05, 3.63) is 48.0 Å². The van der Waals surface area contributed by atoms with Gasteiger partial charge >= 0.3 is 0 Å². The van der Waals surface area contributed by atoms with Crippen LogP contribution in [0.2, 0.25) is 0 Å². The highest BCUT2D eigenvalue weighted by molar-refractivity contribution is 5.82. The number of benzene rings is 1. The van der Waals surface area contributed by atoms with Gasteiger partial charge in [0, 0.05) is 0 Å². The van der Waals surface area contributed by atoms with Crippen LogP contribution in [0.4, 0.5) is 0 Å². The Balaban J connectivity index is 2.89. The summed E-state index contributed by atoms with van der Waals surface area (Å²) in [4.78, 5) is 11.2. The maximum absolute atomic E-state index is 11.2. The lowest BCUT2D eigenvalue weighted by atomic mass is 9.92. The Morgan fingerprint density at radius 2 is 2.00 bits per heavy atom. The van der Waals surface area contributed by atoms with Crippen molar-refractivity contribution in [3.63, 3.8) is 0 Å². The van der Waals surface area contributed by atoms with Crippen LogP contribution in [0.25, 0.3) is 0 Å². The number of carbonyl (C=O) groups excluding carboxylic acids is 1. The second-order valence-electron chi connectivity index (χ2n) is 3.53. The van der Waals surface area contributed by atoms with Crippen LogP contribution in [0.5, 0.6) is 0 Å². The van der Waals surface area contributed by atoms with E-state index in [4.69, 9.17) is 5.73 Å². The summed E-state index contributed by atoms with van der Waals surface area (Å²) in [6.45, 7) is 5.70. The summed E-state index contributed by atoms with van der Waals surface area (Å²) in [7, 11) is 0. The highest BCUT2D eigenvalue weighted by Crippen LogP contribution is 2.22. The molecule has 0 bridgehead atoms. The molecular weight excluding hydrogens is 174 g/mol. The first-order chi connectivity index (χ1) is 6.61. The van der Waals surface area contributed by atoms with E-state index in [9.17, 15) is 4.79 Å². The average Bonchev–Trinajstić information content (AvgIpc) is 2.15. The fourth-order valence-electron chi connectivity index (χ4n) is 1.42. The van der Waals surface area contributed by atoms with Crippen LogP contribution in [0, 0.1) is 0 Å². The van der Waals surface area contributed by atoms with Gasteiger partial charge in [0.25, 0.3) is 0 Å². The number of carbonyl (C=O) groups is 1. The van der Waals surface area contributed by atoms with Gasteiger partial charge in [-0.1, -0.05) is 35.9 Å². The van der Waals surface area contributed by atoms with E-state index >= 15 is 0 Å². The molecule has 74 valence electrons. The van der Waals surface area contributed by atoms with E-state index in [1.54, 1.807) is 0 Å². The van der Waals surface area contributed by atoms with Crippen molar-refractivity contribution < 1.29 is 4.79 Å². The first-order valence-corrected chi connectivity index (χ1v) is 4.60. The number of amides is 1. The molecule has 0 aliphatic carbocycles. The molecule has 1 amide bonds. The zero-order chi connectivity index (χ0) is 10.6. The van der Waals surface area contributed by atoms with Crippen molar-refractivity contribution in [2.45, 2.75) is 19.3 Å². The van der Waals surface area contributed by atoms with E-state index in [1.807, 2.05) is 37.3 Å². The minimum Gasteiger partial charge on any atom is -0.369 e. The Labute approximate surface area is 84.4 Å². The van der Waals surface area contributed by atoms with Gasteiger partial charge in [-0.2, -0.15) is 0 Å². The lowest BCUT2D eigenvalue weighted by Gasteiger charge is -2.13. The fraction of sp³-hybridized carbons (Fsp3) is 0.250. The van der Waals surface area contributed by atoms with Crippen LogP contribution in [0.3, 0.4) is 0 Å². The number of primary amides is 1. The molecule has 1 unspecified atom stereocenters. The van der Waals surface area contributed by atoms with Gasteiger partial charge in [0.05, 0.1) is 5.92 Å². The highest BCUT2D eigenvalue weighted by atomic mass is 16.1. The molecule has 0 aliphatic heterocycles. The number of allylic oxidation sites excluding steroid dienone is 1. The summed E-state index contributed by atoms with van der Waals surface area (Å²) in [5.41, 5.74) is 7.27. The second kappa shape index (κ2) is 4.61. The summed E-state index contributed by atoms with van der Waals surface area (Å²) in [5, 5.41) is 0. The molecule has 0 radical (unpaired) electrons. The zero-order valence-corrected chi connectivity index (χ0v) is 8.36. The van der Waals surface area contributed by atoms with Gasteiger partial charge in [-0.3, -0.25) is 4.79 Å². The number of rotatable bonds is 4. The summed E-state index contributed by atoms with van der Waals surface area (Å²) in [6, 6.07) is 9.56. The van der Waals surface area contributed by atoms with Crippen LogP contribution in [-0.4, -0.2) is 5.91 Å². The summed E-state index contributed by atoms with van der Waals surface area (Å²) in [6.07, 6.45) is 0.624. The quantitative estimate of drug-likeness (QED) is 0.725. The molecular formula is C12H15NO. The van der Waals surface area contributed by atoms with Crippen molar-refractivity contribution in [1.29, 1.82) is 0 Å². The molecule has 0 saturated carbocycles. The first-order valence-electron chi connectivity index (χ1n) is 4.60. The molecule has 2 N–H and O–H groups in total. The monoisotopic (exact) mass is 189 g/mol. The minimum absolute atomic E-state index is 0.242. The van der Waals surface area contributed by atoms with Crippen molar-refractivity contribution in [2.75, 3.05) is 0 Å². The topological polar surface area (TPSA) is 43.1 Å². The van der Waals surface area contributed by atoms with Crippen LogP contribution in [0.15, 0.2) is 42.5 Å². The SMILES string of the molecule is C=C(C)CC(C(N)=O)c1ccccc1. The third kappa shape index (κ3) is 2.73. The van der Waals surface area contributed by atoms with Crippen molar-refractivity contribution in [1.82, 2.24) is 0 Å². The fourth-order valence-corrected chi connectivity index (χ4v) is 1.42. The zero-order valence-electron chi connectivity index (χ0n) is 8.36. The third-order valence-corrected chi connectivity index (χ3v) is 2.10. The maximum Gasteiger partial charge on any atom is 0.225 e. The molecule has 1 rings (SSSR count). The molecule has 1 aromatic rings. The van der Waals surface area contributed by atoms with Gasteiger partial charge in [0.15, 0.2) is 0 Å². The average molecular weight is 189 g/mol. The second-order valence-corrected chi connectivity index (χ2v) is 3.53. The third-order valence-electron chi connectivity index (χ3n) is 2.10. The summed E-state index contributed by atoms with van der Waals surface area (Å²) >= 11 is 0. The summed E-state index contributed by atoms with van der Waals surface area (Å²) < 4.78 is 0. The Hall–Kier alpha value is -1.57. The van der Waals surface area contributed by atoms with Gasteiger partial charge in [0.1, 0.15) is 0 Å². The molecule has 0 spiro atoms. The molecule has 2 heteroatoms.